The summed E-state index contributed by atoms with van der Waals surface area (Å²) < 4.78 is 5.53. The molecule has 0 atom stereocenters. The Morgan fingerprint density at radius 3 is 2.75 bits per heavy atom. The molecule has 0 aliphatic carbocycles. The zero-order valence-corrected chi connectivity index (χ0v) is 10.4. The van der Waals surface area contributed by atoms with Crippen LogP contribution in [0.2, 0.25) is 5.02 Å². The van der Waals surface area contributed by atoms with E-state index in [0.29, 0.717) is 11.6 Å². The smallest absolute Gasteiger partial charge is 0.120 e. The monoisotopic (exact) mass is 242 g/mol. The van der Waals surface area contributed by atoms with E-state index in [1.165, 1.54) is 0 Å². The number of hydrogen-bond acceptors (Lipinski definition) is 3. The van der Waals surface area contributed by atoms with Crippen molar-refractivity contribution in [3.63, 3.8) is 0 Å². The van der Waals surface area contributed by atoms with E-state index >= 15 is 0 Å². The topological polar surface area (TPSA) is 33.3 Å². The van der Waals surface area contributed by atoms with Crippen LogP contribution >= 0.6 is 11.6 Å². The van der Waals surface area contributed by atoms with Crippen LogP contribution in [0.25, 0.3) is 0 Å². The van der Waals surface area contributed by atoms with Gasteiger partial charge in [0.15, 0.2) is 0 Å². The highest BCUT2D eigenvalue weighted by Gasteiger charge is 1.94. The zero-order valence-electron chi connectivity index (χ0n) is 9.63. The summed E-state index contributed by atoms with van der Waals surface area (Å²) in [6.07, 6.45) is 0. The minimum absolute atomic E-state index is 0.659. The first kappa shape index (κ1) is 13.3. The lowest BCUT2D eigenvalue weighted by molar-refractivity contribution is 0.314. The highest BCUT2D eigenvalue weighted by molar-refractivity contribution is 6.30. The predicted octanol–water partition coefficient (Wildman–Crippen LogP) is 1.92. The number of likely N-dealkylation sites (N-methyl/N-ethyl adjacent to an activating group) is 1. The molecule has 0 aliphatic rings. The normalized spacial score (nSPS) is 10.4. The van der Waals surface area contributed by atoms with Gasteiger partial charge in [-0.1, -0.05) is 24.6 Å². The Labute approximate surface area is 102 Å². The molecule has 4 heteroatoms. The van der Waals surface area contributed by atoms with E-state index in [4.69, 9.17) is 16.3 Å². The molecule has 0 fully saturated rings. The van der Waals surface area contributed by atoms with Crippen molar-refractivity contribution in [2.75, 3.05) is 32.8 Å². The predicted molar refractivity (Wildman–Crippen MR) is 68.4 cm³/mol. The third kappa shape index (κ3) is 5.95. The molecule has 0 unspecified atom stereocenters. The maximum Gasteiger partial charge on any atom is 0.120 e. The molecule has 0 radical (unpaired) electrons. The van der Waals surface area contributed by atoms with Gasteiger partial charge in [0.05, 0.1) is 0 Å². The number of benzene rings is 1. The van der Waals surface area contributed by atoms with Gasteiger partial charge in [-0.15, -0.1) is 0 Å². The molecule has 0 bridgehead atoms. The minimum Gasteiger partial charge on any atom is -0.492 e. The molecule has 0 heterocycles. The lowest BCUT2D eigenvalue weighted by Crippen LogP contribution is -2.29. The first-order valence-corrected chi connectivity index (χ1v) is 6.00. The molecule has 1 aromatic rings. The molecule has 1 aromatic carbocycles. The van der Waals surface area contributed by atoms with Crippen molar-refractivity contribution in [3.8, 4) is 5.75 Å². The number of hydrogen-bond donors (Lipinski definition) is 2. The molecule has 2 N–H and O–H groups in total. The SMILES string of the molecule is CCNCCNCCOc1cccc(Cl)c1. The van der Waals surface area contributed by atoms with Crippen LogP contribution < -0.4 is 15.4 Å². The molecule has 90 valence electrons. The highest BCUT2D eigenvalue weighted by atomic mass is 35.5. The van der Waals surface area contributed by atoms with Crippen LogP contribution in [-0.4, -0.2) is 32.8 Å². The molecule has 0 aliphatic heterocycles. The van der Waals surface area contributed by atoms with Crippen LogP contribution in [0.15, 0.2) is 24.3 Å². The van der Waals surface area contributed by atoms with Crippen molar-refractivity contribution in [2.24, 2.45) is 0 Å². The fraction of sp³-hybridized carbons (Fsp3) is 0.500. The van der Waals surface area contributed by atoms with E-state index < -0.39 is 0 Å². The molecule has 0 saturated heterocycles. The van der Waals surface area contributed by atoms with Crippen molar-refractivity contribution in [3.05, 3.63) is 29.3 Å². The number of halogens is 1. The van der Waals surface area contributed by atoms with Gasteiger partial charge in [-0.3, -0.25) is 0 Å². The molecule has 0 aromatic heterocycles. The molecule has 0 saturated carbocycles. The standard InChI is InChI=1S/C12H19ClN2O/c1-2-14-6-7-15-8-9-16-12-5-3-4-11(13)10-12/h3-5,10,14-15H,2,6-9H2,1H3. The van der Waals surface area contributed by atoms with Crippen LogP contribution in [-0.2, 0) is 0 Å². The van der Waals surface area contributed by atoms with Gasteiger partial charge in [-0.05, 0) is 24.7 Å². The highest BCUT2D eigenvalue weighted by Crippen LogP contribution is 2.16. The average Bonchev–Trinajstić information content (AvgIpc) is 2.28. The fourth-order valence-corrected chi connectivity index (χ4v) is 1.46. The van der Waals surface area contributed by atoms with Crippen molar-refractivity contribution in [1.29, 1.82) is 0 Å². The Balaban J connectivity index is 2.03. The van der Waals surface area contributed by atoms with Gasteiger partial charge in [0.25, 0.3) is 0 Å². The van der Waals surface area contributed by atoms with Gasteiger partial charge in [0, 0.05) is 24.7 Å². The van der Waals surface area contributed by atoms with Crippen LogP contribution in [0.4, 0.5) is 0 Å². The molecular formula is C12H19ClN2O. The summed E-state index contributed by atoms with van der Waals surface area (Å²) >= 11 is 5.84. The maximum atomic E-state index is 5.84. The van der Waals surface area contributed by atoms with E-state index in [0.717, 1.165) is 31.9 Å². The van der Waals surface area contributed by atoms with Crippen LogP contribution in [0.5, 0.6) is 5.75 Å². The Kier molecular flexibility index (Phi) is 6.97. The number of rotatable bonds is 8. The summed E-state index contributed by atoms with van der Waals surface area (Å²) in [6, 6.07) is 7.45. The van der Waals surface area contributed by atoms with Gasteiger partial charge in [0.2, 0.25) is 0 Å². The number of ether oxygens (including phenoxy) is 1. The van der Waals surface area contributed by atoms with Crippen molar-refractivity contribution in [1.82, 2.24) is 10.6 Å². The lowest BCUT2D eigenvalue weighted by atomic mass is 10.3. The summed E-state index contributed by atoms with van der Waals surface area (Å²) in [7, 11) is 0. The van der Waals surface area contributed by atoms with E-state index in [9.17, 15) is 0 Å². The molecule has 16 heavy (non-hydrogen) atoms. The first-order valence-electron chi connectivity index (χ1n) is 5.62. The minimum atomic E-state index is 0.659. The van der Waals surface area contributed by atoms with E-state index in [-0.39, 0.29) is 0 Å². The summed E-state index contributed by atoms with van der Waals surface area (Å²) in [5, 5.41) is 7.23. The second kappa shape index (κ2) is 8.39. The third-order valence-electron chi connectivity index (χ3n) is 2.07. The largest absolute Gasteiger partial charge is 0.492 e. The Morgan fingerprint density at radius 1 is 1.19 bits per heavy atom. The average molecular weight is 243 g/mol. The summed E-state index contributed by atoms with van der Waals surface area (Å²) in [5.74, 6) is 0.820. The summed E-state index contributed by atoms with van der Waals surface area (Å²) in [6.45, 7) is 6.58. The van der Waals surface area contributed by atoms with Crippen molar-refractivity contribution >= 4 is 11.6 Å². The van der Waals surface area contributed by atoms with Crippen LogP contribution in [0, 0.1) is 0 Å². The van der Waals surface area contributed by atoms with Gasteiger partial charge in [0.1, 0.15) is 12.4 Å². The van der Waals surface area contributed by atoms with Crippen LogP contribution in [0.1, 0.15) is 6.92 Å². The van der Waals surface area contributed by atoms with E-state index in [2.05, 4.69) is 17.6 Å². The van der Waals surface area contributed by atoms with E-state index in [1.807, 2.05) is 24.3 Å². The third-order valence-corrected chi connectivity index (χ3v) is 2.31. The zero-order chi connectivity index (χ0) is 11.6. The molecule has 0 spiro atoms. The lowest BCUT2D eigenvalue weighted by Gasteiger charge is -2.07. The molecule has 1 rings (SSSR count). The molecule has 3 nitrogen and oxygen atoms in total. The molecular weight excluding hydrogens is 224 g/mol. The Morgan fingerprint density at radius 2 is 2.00 bits per heavy atom. The Hall–Kier alpha value is -0.770. The van der Waals surface area contributed by atoms with Gasteiger partial charge in [-0.25, -0.2) is 0 Å². The van der Waals surface area contributed by atoms with Crippen molar-refractivity contribution in [2.45, 2.75) is 6.92 Å². The van der Waals surface area contributed by atoms with Crippen LogP contribution in [0.3, 0.4) is 0 Å². The first-order chi connectivity index (χ1) is 7.83. The summed E-state index contributed by atoms with van der Waals surface area (Å²) in [4.78, 5) is 0. The maximum absolute atomic E-state index is 5.84. The second-order valence-electron chi connectivity index (χ2n) is 3.41. The second-order valence-corrected chi connectivity index (χ2v) is 3.85. The van der Waals surface area contributed by atoms with Gasteiger partial charge < -0.3 is 15.4 Å². The number of nitrogens with one attached hydrogen (secondary N) is 2. The van der Waals surface area contributed by atoms with Crippen molar-refractivity contribution < 1.29 is 4.74 Å². The molecule has 0 amide bonds. The van der Waals surface area contributed by atoms with Gasteiger partial charge in [-0.2, -0.15) is 0 Å². The quantitative estimate of drug-likeness (QED) is 0.684. The summed E-state index contributed by atoms with van der Waals surface area (Å²) in [5.41, 5.74) is 0. The fourth-order valence-electron chi connectivity index (χ4n) is 1.28. The van der Waals surface area contributed by atoms with Gasteiger partial charge >= 0.3 is 0 Å². The Bertz CT molecular complexity index is 294. The van der Waals surface area contributed by atoms with E-state index in [1.54, 1.807) is 0 Å².